The molecule has 0 aliphatic carbocycles. The fourth-order valence-electron chi connectivity index (χ4n) is 1.68. The number of hydrogen-bond acceptors (Lipinski definition) is 4. The number of aromatic nitrogens is 2. The van der Waals surface area contributed by atoms with Crippen LogP contribution in [-0.2, 0) is 0 Å². The molecular weight excluding hydrogens is 300 g/mol. The molecule has 0 unspecified atom stereocenters. The first-order chi connectivity index (χ1) is 8.71. The van der Waals surface area contributed by atoms with E-state index in [1.807, 2.05) is 6.07 Å². The zero-order valence-electron chi connectivity index (χ0n) is 10.3. The standard InChI is InChI=1S/C12H13BrN2O3/c1-16-8-5-10(18-3)9(17-2)4-7(8)11-12(13)15-6-14-11/h4-6H,1-3H3,(H,14,15). The van der Waals surface area contributed by atoms with Gasteiger partial charge in [-0.25, -0.2) is 4.98 Å². The minimum absolute atomic E-state index is 0.616. The van der Waals surface area contributed by atoms with Crippen molar-refractivity contribution in [2.45, 2.75) is 0 Å². The summed E-state index contributed by atoms with van der Waals surface area (Å²) in [6.45, 7) is 0. The minimum atomic E-state index is 0.616. The molecule has 1 aromatic heterocycles. The smallest absolute Gasteiger partial charge is 0.164 e. The molecule has 96 valence electrons. The number of ether oxygens (including phenoxy) is 3. The summed E-state index contributed by atoms with van der Waals surface area (Å²) in [5.41, 5.74) is 1.58. The van der Waals surface area contributed by atoms with Crippen molar-refractivity contribution in [1.82, 2.24) is 9.97 Å². The van der Waals surface area contributed by atoms with Gasteiger partial charge >= 0.3 is 0 Å². The van der Waals surface area contributed by atoms with Gasteiger partial charge in [-0.15, -0.1) is 0 Å². The van der Waals surface area contributed by atoms with Crippen LogP contribution in [0, 0.1) is 0 Å². The molecule has 5 nitrogen and oxygen atoms in total. The molecule has 0 saturated heterocycles. The first-order valence-electron chi connectivity index (χ1n) is 5.20. The van der Waals surface area contributed by atoms with E-state index in [1.54, 1.807) is 33.7 Å². The van der Waals surface area contributed by atoms with Crippen LogP contribution in [0.1, 0.15) is 0 Å². The molecule has 0 aliphatic rings. The normalized spacial score (nSPS) is 10.2. The molecule has 1 aromatic carbocycles. The molecule has 0 aliphatic heterocycles. The molecule has 2 aromatic rings. The van der Waals surface area contributed by atoms with Gasteiger partial charge in [0.05, 0.1) is 27.7 Å². The SMILES string of the molecule is COc1cc(OC)c(-c2nc[nH]c2Br)cc1OC. The van der Waals surface area contributed by atoms with Crippen LogP contribution in [0.5, 0.6) is 17.2 Å². The Morgan fingerprint density at radius 1 is 1.00 bits per heavy atom. The van der Waals surface area contributed by atoms with E-state index in [-0.39, 0.29) is 0 Å². The maximum Gasteiger partial charge on any atom is 0.164 e. The van der Waals surface area contributed by atoms with Crippen LogP contribution >= 0.6 is 15.9 Å². The molecule has 0 fully saturated rings. The summed E-state index contributed by atoms with van der Waals surface area (Å²) >= 11 is 3.40. The predicted octanol–water partition coefficient (Wildman–Crippen LogP) is 2.87. The number of hydrogen-bond donors (Lipinski definition) is 1. The van der Waals surface area contributed by atoms with E-state index in [9.17, 15) is 0 Å². The van der Waals surface area contributed by atoms with Gasteiger partial charge in [0.2, 0.25) is 0 Å². The lowest BCUT2D eigenvalue weighted by Crippen LogP contribution is -1.95. The molecule has 0 atom stereocenters. The van der Waals surface area contributed by atoms with E-state index in [0.29, 0.717) is 17.2 Å². The van der Waals surface area contributed by atoms with Gasteiger partial charge in [0, 0.05) is 11.6 Å². The number of aromatic amines is 1. The summed E-state index contributed by atoms with van der Waals surface area (Å²) in [6.07, 6.45) is 1.61. The maximum absolute atomic E-state index is 5.36. The van der Waals surface area contributed by atoms with Gasteiger partial charge in [-0.05, 0) is 22.0 Å². The van der Waals surface area contributed by atoms with Gasteiger partial charge in [-0.1, -0.05) is 0 Å². The maximum atomic E-state index is 5.36. The van der Waals surface area contributed by atoms with E-state index < -0.39 is 0 Å². The van der Waals surface area contributed by atoms with Crippen molar-refractivity contribution < 1.29 is 14.2 Å². The molecular formula is C12H13BrN2O3. The first kappa shape index (κ1) is 12.8. The molecule has 18 heavy (non-hydrogen) atoms. The number of nitrogens with one attached hydrogen (secondary N) is 1. The topological polar surface area (TPSA) is 56.4 Å². The van der Waals surface area contributed by atoms with E-state index in [4.69, 9.17) is 14.2 Å². The molecule has 6 heteroatoms. The number of halogens is 1. The Hall–Kier alpha value is -1.69. The Bertz CT molecular complexity index is 554. The van der Waals surface area contributed by atoms with Crippen LogP contribution in [0.4, 0.5) is 0 Å². The van der Waals surface area contributed by atoms with Gasteiger partial charge in [0.1, 0.15) is 16.0 Å². The Labute approximate surface area is 113 Å². The van der Waals surface area contributed by atoms with Gasteiger partial charge in [-0.2, -0.15) is 0 Å². The first-order valence-corrected chi connectivity index (χ1v) is 5.99. The highest BCUT2D eigenvalue weighted by atomic mass is 79.9. The van der Waals surface area contributed by atoms with E-state index in [2.05, 4.69) is 25.9 Å². The zero-order valence-corrected chi connectivity index (χ0v) is 11.9. The highest BCUT2D eigenvalue weighted by molar-refractivity contribution is 9.10. The Balaban J connectivity index is 2.62. The monoisotopic (exact) mass is 312 g/mol. The third-order valence-electron chi connectivity index (χ3n) is 2.55. The van der Waals surface area contributed by atoms with Crippen LogP contribution in [0.25, 0.3) is 11.3 Å². The van der Waals surface area contributed by atoms with Crippen molar-refractivity contribution in [2.75, 3.05) is 21.3 Å². The number of H-pyrrole nitrogens is 1. The van der Waals surface area contributed by atoms with Crippen molar-refractivity contribution in [3.8, 4) is 28.5 Å². The summed E-state index contributed by atoms with van der Waals surface area (Å²) in [5, 5.41) is 0. The number of methoxy groups -OCH3 is 3. The summed E-state index contributed by atoms with van der Waals surface area (Å²) in [4.78, 5) is 7.21. The van der Waals surface area contributed by atoms with Crippen LogP contribution in [0.2, 0.25) is 0 Å². The Morgan fingerprint density at radius 3 is 2.11 bits per heavy atom. The average Bonchev–Trinajstić information content (AvgIpc) is 2.83. The highest BCUT2D eigenvalue weighted by Crippen LogP contribution is 2.40. The number of rotatable bonds is 4. The molecule has 0 saturated carbocycles. The molecule has 2 rings (SSSR count). The van der Waals surface area contributed by atoms with E-state index >= 15 is 0 Å². The molecule has 0 spiro atoms. The third kappa shape index (κ3) is 2.15. The fourth-order valence-corrected chi connectivity index (χ4v) is 2.10. The number of nitrogens with zero attached hydrogens (tertiary/aromatic N) is 1. The average molecular weight is 313 g/mol. The summed E-state index contributed by atoms with van der Waals surface area (Å²) in [6, 6.07) is 3.61. The van der Waals surface area contributed by atoms with Crippen molar-refractivity contribution in [2.24, 2.45) is 0 Å². The van der Waals surface area contributed by atoms with E-state index in [0.717, 1.165) is 15.9 Å². The summed E-state index contributed by atoms with van der Waals surface area (Å²) in [7, 11) is 4.78. The molecule has 0 bridgehead atoms. The van der Waals surface area contributed by atoms with Crippen molar-refractivity contribution in [1.29, 1.82) is 0 Å². The highest BCUT2D eigenvalue weighted by Gasteiger charge is 2.16. The Morgan fingerprint density at radius 2 is 1.61 bits per heavy atom. The van der Waals surface area contributed by atoms with Crippen molar-refractivity contribution in [3.63, 3.8) is 0 Å². The molecule has 1 heterocycles. The second-order valence-corrected chi connectivity index (χ2v) is 4.27. The molecule has 0 amide bonds. The zero-order chi connectivity index (χ0) is 13.1. The number of benzene rings is 1. The van der Waals surface area contributed by atoms with Crippen molar-refractivity contribution in [3.05, 3.63) is 23.1 Å². The van der Waals surface area contributed by atoms with Crippen LogP contribution in [-0.4, -0.2) is 31.3 Å². The van der Waals surface area contributed by atoms with Crippen LogP contribution < -0.4 is 14.2 Å². The van der Waals surface area contributed by atoms with Crippen molar-refractivity contribution >= 4 is 15.9 Å². The van der Waals surface area contributed by atoms with Crippen LogP contribution in [0.3, 0.4) is 0 Å². The number of imidazole rings is 1. The fraction of sp³-hybridized carbons (Fsp3) is 0.250. The summed E-state index contributed by atoms with van der Waals surface area (Å²) < 4.78 is 16.7. The molecule has 0 radical (unpaired) electrons. The largest absolute Gasteiger partial charge is 0.496 e. The summed E-state index contributed by atoms with van der Waals surface area (Å²) in [5.74, 6) is 1.91. The van der Waals surface area contributed by atoms with Crippen LogP contribution in [0.15, 0.2) is 23.1 Å². The third-order valence-corrected chi connectivity index (χ3v) is 3.16. The second-order valence-electron chi connectivity index (χ2n) is 3.47. The van der Waals surface area contributed by atoms with Gasteiger partial charge in [-0.3, -0.25) is 0 Å². The minimum Gasteiger partial charge on any atom is -0.496 e. The van der Waals surface area contributed by atoms with Gasteiger partial charge in [0.25, 0.3) is 0 Å². The lowest BCUT2D eigenvalue weighted by atomic mass is 10.1. The molecule has 1 N–H and O–H groups in total. The predicted molar refractivity (Wildman–Crippen MR) is 71.4 cm³/mol. The lowest BCUT2D eigenvalue weighted by Gasteiger charge is -2.13. The quantitative estimate of drug-likeness (QED) is 0.943. The second kappa shape index (κ2) is 5.30. The Kier molecular flexibility index (Phi) is 3.76. The van der Waals surface area contributed by atoms with E-state index in [1.165, 1.54) is 0 Å². The lowest BCUT2D eigenvalue weighted by molar-refractivity contribution is 0.349. The van der Waals surface area contributed by atoms with Gasteiger partial charge in [0.15, 0.2) is 11.5 Å². The van der Waals surface area contributed by atoms with Gasteiger partial charge < -0.3 is 19.2 Å².